The van der Waals surface area contributed by atoms with Crippen LogP contribution in [0.4, 0.5) is 11.4 Å². The standard InChI is InChI=1S/C19H29N3O3S/c1-15(2)26(24,25)20-11-5-4-8-19(23)21-18-10-9-17(14-16(18)3)22-12-6-7-13-22/h6-7,9-10,14-15,20H,4-5,8,11-13H2,1-3H3,(H,21,23). The van der Waals surface area contributed by atoms with Crippen molar-refractivity contribution in [2.24, 2.45) is 0 Å². The van der Waals surface area contributed by atoms with Gasteiger partial charge < -0.3 is 10.2 Å². The highest BCUT2D eigenvalue weighted by Gasteiger charge is 2.14. The van der Waals surface area contributed by atoms with E-state index in [-0.39, 0.29) is 5.91 Å². The Hall–Kier alpha value is -1.86. The molecule has 1 heterocycles. The minimum atomic E-state index is -3.22. The predicted octanol–water partition coefficient (Wildman–Crippen LogP) is 2.81. The number of carbonyl (C=O) groups is 1. The molecular formula is C19H29N3O3S. The zero-order chi connectivity index (χ0) is 19.2. The lowest BCUT2D eigenvalue weighted by Crippen LogP contribution is -2.31. The lowest BCUT2D eigenvalue weighted by molar-refractivity contribution is -0.116. The van der Waals surface area contributed by atoms with Crippen LogP contribution in [0, 0.1) is 6.92 Å². The topological polar surface area (TPSA) is 78.5 Å². The van der Waals surface area contributed by atoms with E-state index in [1.54, 1.807) is 13.8 Å². The van der Waals surface area contributed by atoms with Gasteiger partial charge in [0.1, 0.15) is 0 Å². The van der Waals surface area contributed by atoms with Crippen LogP contribution in [0.5, 0.6) is 0 Å². The molecule has 0 bridgehead atoms. The number of rotatable bonds is 9. The Morgan fingerprint density at radius 2 is 1.88 bits per heavy atom. The minimum absolute atomic E-state index is 0.0459. The summed E-state index contributed by atoms with van der Waals surface area (Å²) >= 11 is 0. The van der Waals surface area contributed by atoms with Crippen LogP contribution in [0.3, 0.4) is 0 Å². The highest BCUT2D eigenvalue weighted by Crippen LogP contribution is 2.24. The SMILES string of the molecule is Cc1cc(N2CC=CC2)ccc1NC(=O)CCCCNS(=O)(=O)C(C)C. The second kappa shape index (κ2) is 9.19. The molecule has 7 heteroatoms. The molecule has 2 N–H and O–H groups in total. The third-order valence-corrected chi connectivity index (χ3v) is 6.27. The first-order chi connectivity index (χ1) is 12.3. The average molecular weight is 380 g/mol. The van der Waals surface area contributed by atoms with Crippen LogP contribution in [0.1, 0.15) is 38.7 Å². The fourth-order valence-electron chi connectivity index (χ4n) is 2.68. The smallest absolute Gasteiger partial charge is 0.224 e. The second-order valence-corrected chi connectivity index (χ2v) is 9.19. The summed E-state index contributed by atoms with van der Waals surface area (Å²) in [5, 5.41) is 2.50. The molecule has 1 aromatic carbocycles. The zero-order valence-electron chi connectivity index (χ0n) is 15.8. The van der Waals surface area contributed by atoms with E-state index in [0.717, 1.165) is 30.0 Å². The number of nitrogens with zero attached hydrogens (tertiary/aromatic N) is 1. The van der Waals surface area contributed by atoms with Crippen molar-refractivity contribution in [3.63, 3.8) is 0 Å². The molecule has 6 nitrogen and oxygen atoms in total. The lowest BCUT2D eigenvalue weighted by Gasteiger charge is -2.19. The predicted molar refractivity (Wildman–Crippen MR) is 107 cm³/mol. The molecule has 0 aliphatic carbocycles. The number of unbranched alkanes of at least 4 members (excludes halogenated alkanes) is 1. The number of sulfonamides is 1. The maximum Gasteiger partial charge on any atom is 0.224 e. The fourth-order valence-corrected chi connectivity index (χ4v) is 3.44. The minimum Gasteiger partial charge on any atom is -0.364 e. The summed E-state index contributed by atoms with van der Waals surface area (Å²) in [4.78, 5) is 14.4. The van der Waals surface area contributed by atoms with Gasteiger partial charge in [0.25, 0.3) is 0 Å². The van der Waals surface area contributed by atoms with Gasteiger partial charge >= 0.3 is 0 Å². The number of hydrogen-bond donors (Lipinski definition) is 2. The summed E-state index contributed by atoms with van der Waals surface area (Å²) in [7, 11) is -3.22. The van der Waals surface area contributed by atoms with Gasteiger partial charge in [0.2, 0.25) is 15.9 Å². The van der Waals surface area contributed by atoms with Gasteiger partial charge in [-0.15, -0.1) is 0 Å². The molecule has 1 amide bonds. The average Bonchev–Trinajstić information content (AvgIpc) is 3.10. The number of benzene rings is 1. The van der Waals surface area contributed by atoms with Gasteiger partial charge in [-0.2, -0.15) is 0 Å². The number of carbonyl (C=O) groups excluding carboxylic acids is 1. The normalized spacial score (nSPS) is 14.2. The maximum atomic E-state index is 12.1. The number of hydrogen-bond acceptors (Lipinski definition) is 4. The Morgan fingerprint density at radius 1 is 1.19 bits per heavy atom. The molecular weight excluding hydrogens is 350 g/mol. The van der Waals surface area contributed by atoms with Crippen molar-refractivity contribution in [2.45, 2.75) is 45.3 Å². The molecule has 0 aromatic heterocycles. The largest absolute Gasteiger partial charge is 0.364 e. The van der Waals surface area contributed by atoms with Crippen LogP contribution in [-0.4, -0.2) is 39.2 Å². The highest BCUT2D eigenvalue weighted by molar-refractivity contribution is 7.90. The van der Waals surface area contributed by atoms with E-state index in [9.17, 15) is 13.2 Å². The van der Waals surface area contributed by atoms with Crippen molar-refractivity contribution in [2.75, 3.05) is 29.9 Å². The molecule has 144 valence electrons. The maximum absolute atomic E-state index is 12.1. The van der Waals surface area contributed by atoms with Gasteiger partial charge in [0, 0.05) is 37.4 Å². The first-order valence-corrected chi connectivity index (χ1v) is 10.6. The first kappa shape index (κ1) is 20.5. The highest BCUT2D eigenvalue weighted by atomic mass is 32.2. The van der Waals surface area contributed by atoms with Crippen LogP contribution in [-0.2, 0) is 14.8 Å². The summed E-state index contributed by atoms with van der Waals surface area (Å²) in [6, 6.07) is 6.05. The summed E-state index contributed by atoms with van der Waals surface area (Å²) in [6.45, 7) is 7.49. The fraction of sp³-hybridized carbons (Fsp3) is 0.526. The summed E-state index contributed by atoms with van der Waals surface area (Å²) in [6.07, 6.45) is 5.95. The third kappa shape index (κ3) is 5.85. The van der Waals surface area contributed by atoms with Crippen LogP contribution in [0.2, 0.25) is 0 Å². The van der Waals surface area contributed by atoms with Crippen molar-refractivity contribution in [3.8, 4) is 0 Å². The van der Waals surface area contributed by atoms with E-state index >= 15 is 0 Å². The first-order valence-electron chi connectivity index (χ1n) is 9.08. The van der Waals surface area contributed by atoms with Crippen LogP contribution >= 0.6 is 0 Å². The van der Waals surface area contributed by atoms with Gasteiger partial charge in [-0.25, -0.2) is 13.1 Å². The molecule has 0 radical (unpaired) electrons. The van der Waals surface area contributed by atoms with E-state index in [0.29, 0.717) is 25.8 Å². The molecule has 0 saturated carbocycles. The van der Waals surface area contributed by atoms with E-state index in [1.165, 1.54) is 0 Å². The summed E-state index contributed by atoms with van der Waals surface area (Å²) in [5.41, 5.74) is 3.02. The molecule has 0 atom stereocenters. The molecule has 26 heavy (non-hydrogen) atoms. The van der Waals surface area contributed by atoms with Crippen LogP contribution in [0.25, 0.3) is 0 Å². The number of nitrogens with one attached hydrogen (secondary N) is 2. The third-order valence-electron chi connectivity index (χ3n) is 4.42. The Labute approximate surface area is 156 Å². The quantitative estimate of drug-likeness (QED) is 0.511. The number of amides is 1. The van der Waals surface area contributed by atoms with Gasteiger partial charge in [0.15, 0.2) is 0 Å². The van der Waals surface area contributed by atoms with Crippen molar-refractivity contribution in [3.05, 3.63) is 35.9 Å². The van der Waals surface area contributed by atoms with Gasteiger partial charge in [-0.1, -0.05) is 12.2 Å². The van der Waals surface area contributed by atoms with Crippen molar-refractivity contribution in [1.82, 2.24) is 4.72 Å². The Balaban J connectivity index is 1.74. The van der Waals surface area contributed by atoms with Crippen molar-refractivity contribution in [1.29, 1.82) is 0 Å². The molecule has 2 rings (SSSR count). The van der Waals surface area contributed by atoms with Gasteiger partial charge in [-0.05, 0) is 57.4 Å². The molecule has 0 unspecified atom stereocenters. The van der Waals surface area contributed by atoms with Gasteiger partial charge in [0.05, 0.1) is 5.25 Å². The van der Waals surface area contributed by atoms with Crippen molar-refractivity contribution < 1.29 is 13.2 Å². The van der Waals surface area contributed by atoms with Crippen molar-refractivity contribution >= 4 is 27.3 Å². The van der Waals surface area contributed by atoms with E-state index in [4.69, 9.17) is 0 Å². The van der Waals surface area contributed by atoms with E-state index in [1.807, 2.05) is 19.1 Å². The Morgan fingerprint density at radius 3 is 2.50 bits per heavy atom. The zero-order valence-corrected chi connectivity index (χ0v) is 16.6. The van der Waals surface area contributed by atoms with E-state index < -0.39 is 15.3 Å². The molecule has 0 fully saturated rings. The lowest BCUT2D eigenvalue weighted by atomic mass is 10.1. The Kier molecular flexibility index (Phi) is 7.23. The van der Waals surface area contributed by atoms with Crippen LogP contribution < -0.4 is 14.9 Å². The Bertz CT molecular complexity index is 749. The van der Waals surface area contributed by atoms with E-state index in [2.05, 4.69) is 33.2 Å². The number of aryl methyl sites for hydroxylation is 1. The number of anilines is 2. The molecule has 0 saturated heterocycles. The molecule has 0 spiro atoms. The van der Waals surface area contributed by atoms with Crippen LogP contribution in [0.15, 0.2) is 30.4 Å². The summed E-state index contributed by atoms with van der Waals surface area (Å²) < 4.78 is 25.8. The summed E-state index contributed by atoms with van der Waals surface area (Å²) in [5.74, 6) is -0.0459. The second-order valence-electron chi connectivity index (χ2n) is 6.87. The molecule has 1 aliphatic heterocycles. The molecule has 1 aromatic rings. The van der Waals surface area contributed by atoms with Gasteiger partial charge in [-0.3, -0.25) is 4.79 Å². The molecule has 1 aliphatic rings. The monoisotopic (exact) mass is 379 g/mol.